The van der Waals surface area contributed by atoms with Crippen molar-refractivity contribution >= 4 is 35.0 Å². The van der Waals surface area contributed by atoms with Crippen LogP contribution in [0.1, 0.15) is 6.92 Å². The first-order valence-electron chi connectivity index (χ1n) is 6.17. The van der Waals surface area contributed by atoms with Gasteiger partial charge in [0, 0.05) is 11.6 Å². The van der Waals surface area contributed by atoms with Gasteiger partial charge in [0.25, 0.3) is 0 Å². The molecule has 0 aromatic carbocycles. The van der Waals surface area contributed by atoms with Gasteiger partial charge in [-0.1, -0.05) is 11.6 Å². The lowest BCUT2D eigenvalue weighted by Gasteiger charge is -2.06. The molecule has 0 amide bonds. The highest BCUT2D eigenvalue weighted by Gasteiger charge is 2.18. The molecule has 0 N–H and O–H groups in total. The minimum atomic E-state index is -0.0351. The predicted octanol–water partition coefficient (Wildman–Crippen LogP) is 3.93. The van der Waals surface area contributed by atoms with Gasteiger partial charge in [-0.15, -0.1) is 3.89 Å². The summed E-state index contributed by atoms with van der Waals surface area (Å²) in [6, 6.07) is 6.98. The molecule has 0 radical (unpaired) electrons. The number of halogens is 2. The van der Waals surface area contributed by atoms with Crippen molar-refractivity contribution in [2.24, 2.45) is 0 Å². The van der Waals surface area contributed by atoms with Gasteiger partial charge in [0.15, 0.2) is 18.0 Å². The molecular formula is C13H10ClFN4OS. The SMILES string of the molecule is CCOc1ncccc1-c1nn(SF)c2nc(Cl)ccc12. The zero-order valence-corrected chi connectivity index (χ0v) is 12.5. The molecule has 0 saturated carbocycles. The fraction of sp³-hybridized carbons (Fsp3) is 0.154. The van der Waals surface area contributed by atoms with Crippen LogP contribution >= 0.6 is 23.9 Å². The van der Waals surface area contributed by atoms with Crippen LogP contribution in [-0.4, -0.2) is 25.8 Å². The summed E-state index contributed by atoms with van der Waals surface area (Å²) in [5, 5.41) is 5.18. The zero-order chi connectivity index (χ0) is 14.8. The number of aromatic nitrogens is 4. The van der Waals surface area contributed by atoms with E-state index in [2.05, 4.69) is 15.1 Å². The molecule has 0 spiro atoms. The van der Waals surface area contributed by atoms with E-state index in [1.165, 1.54) is 0 Å². The number of hydrogen-bond acceptors (Lipinski definition) is 5. The van der Waals surface area contributed by atoms with E-state index in [1.54, 1.807) is 24.4 Å². The van der Waals surface area contributed by atoms with Crippen molar-refractivity contribution in [3.05, 3.63) is 35.6 Å². The smallest absolute Gasteiger partial charge is 0.222 e. The molecule has 0 bridgehead atoms. The van der Waals surface area contributed by atoms with E-state index in [9.17, 15) is 3.89 Å². The molecule has 3 aromatic heterocycles. The minimum Gasteiger partial charge on any atom is -0.477 e. The predicted molar refractivity (Wildman–Crippen MR) is 81.0 cm³/mol. The van der Waals surface area contributed by atoms with Crippen molar-refractivity contribution in [2.45, 2.75) is 6.92 Å². The molecule has 0 unspecified atom stereocenters. The summed E-state index contributed by atoms with van der Waals surface area (Å²) in [6.45, 7) is 2.35. The normalized spacial score (nSPS) is 11.0. The molecule has 0 fully saturated rings. The summed E-state index contributed by atoms with van der Waals surface area (Å²) in [7, 11) is 0. The molecule has 8 heteroatoms. The Morgan fingerprint density at radius 2 is 2.24 bits per heavy atom. The van der Waals surface area contributed by atoms with Crippen LogP contribution in [0, 0.1) is 0 Å². The summed E-state index contributed by atoms with van der Waals surface area (Å²) in [6.07, 6.45) is 1.63. The topological polar surface area (TPSA) is 52.8 Å². The molecule has 0 aliphatic carbocycles. The zero-order valence-electron chi connectivity index (χ0n) is 11.0. The lowest BCUT2D eigenvalue weighted by Crippen LogP contribution is -1.97. The molecule has 0 aliphatic heterocycles. The van der Waals surface area contributed by atoms with Crippen molar-refractivity contribution in [1.29, 1.82) is 0 Å². The lowest BCUT2D eigenvalue weighted by atomic mass is 10.1. The first kappa shape index (κ1) is 14.1. The van der Waals surface area contributed by atoms with E-state index in [0.29, 0.717) is 34.8 Å². The fourth-order valence-corrected chi connectivity index (χ4v) is 2.48. The molecule has 0 aliphatic rings. The minimum absolute atomic E-state index is 0.0351. The molecule has 108 valence electrons. The average Bonchev–Trinajstić information content (AvgIpc) is 2.86. The second-order valence-electron chi connectivity index (χ2n) is 4.08. The van der Waals surface area contributed by atoms with Gasteiger partial charge in [0.05, 0.1) is 12.2 Å². The number of pyridine rings is 2. The maximum absolute atomic E-state index is 13.1. The number of rotatable bonds is 4. The molecule has 3 rings (SSSR count). The highest BCUT2D eigenvalue weighted by atomic mass is 35.5. The van der Waals surface area contributed by atoms with E-state index in [4.69, 9.17) is 16.3 Å². The van der Waals surface area contributed by atoms with E-state index in [0.717, 1.165) is 4.09 Å². The second kappa shape index (κ2) is 5.87. The van der Waals surface area contributed by atoms with Crippen molar-refractivity contribution in [3.8, 4) is 17.1 Å². The van der Waals surface area contributed by atoms with Gasteiger partial charge in [0.2, 0.25) is 5.88 Å². The highest BCUT2D eigenvalue weighted by molar-refractivity contribution is 7.92. The van der Waals surface area contributed by atoms with Crippen LogP contribution in [0.3, 0.4) is 0 Å². The summed E-state index contributed by atoms with van der Waals surface area (Å²) in [5.41, 5.74) is 1.59. The molecule has 3 aromatic rings. The molecule has 5 nitrogen and oxygen atoms in total. The third-order valence-corrected chi connectivity index (χ3v) is 3.44. The van der Waals surface area contributed by atoms with Crippen molar-refractivity contribution in [1.82, 2.24) is 19.2 Å². The first-order chi connectivity index (χ1) is 10.2. The summed E-state index contributed by atoms with van der Waals surface area (Å²) >= 11 is 5.83. The van der Waals surface area contributed by atoms with E-state index in [-0.39, 0.29) is 17.5 Å². The maximum atomic E-state index is 13.1. The van der Waals surface area contributed by atoms with Gasteiger partial charge in [-0.3, -0.25) is 0 Å². The quantitative estimate of drug-likeness (QED) is 0.681. The van der Waals surface area contributed by atoms with Gasteiger partial charge in [-0.2, -0.15) is 9.19 Å². The van der Waals surface area contributed by atoms with Crippen LogP contribution in [0.15, 0.2) is 30.5 Å². The average molecular weight is 325 g/mol. The molecule has 21 heavy (non-hydrogen) atoms. The summed E-state index contributed by atoms with van der Waals surface area (Å²) in [5.74, 6) is 0.449. The summed E-state index contributed by atoms with van der Waals surface area (Å²) in [4.78, 5) is 8.30. The van der Waals surface area contributed by atoms with E-state index < -0.39 is 0 Å². The third kappa shape index (κ3) is 2.54. The number of ether oxygens (including phenoxy) is 1. The fourth-order valence-electron chi connectivity index (χ4n) is 2.02. The van der Waals surface area contributed by atoms with E-state index in [1.807, 2.05) is 13.0 Å². The van der Waals surface area contributed by atoms with Gasteiger partial charge in [0.1, 0.15) is 10.8 Å². The standard InChI is InChI=1S/C13H10ClFN4OS/c1-2-20-13-9(4-3-7-16-13)11-8-5-6-10(14)17-12(8)19(18-11)21-15/h3-7H,2H2,1H3. The van der Waals surface area contributed by atoms with Gasteiger partial charge < -0.3 is 4.74 Å². The van der Waals surface area contributed by atoms with Crippen LogP contribution in [0.2, 0.25) is 5.15 Å². The number of hydrogen-bond donors (Lipinski definition) is 0. The Kier molecular flexibility index (Phi) is 3.94. The maximum Gasteiger partial charge on any atom is 0.222 e. The Morgan fingerprint density at radius 1 is 1.38 bits per heavy atom. The van der Waals surface area contributed by atoms with Crippen LogP contribution < -0.4 is 4.74 Å². The van der Waals surface area contributed by atoms with Crippen molar-refractivity contribution in [2.75, 3.05) is 6.61 Å². The van der Waals surface area contributed by atoms with Crippen molar-refractivity contribution < 1.29 is 8.62 Å². The molecule has 0 saturated heterocycles. The molecular weight excluding hydrogens is 315 g/mol. The Bertz CT molecular complexity index is 795. The lowest BCUT2D eigenvalue weighted by molar-refractivity contribution is 0.328. The Hall–Kier alpha value is -1.86. The van der Waals surface area contributed by atoms with Crippen LogP contribution in [-0.2, 0) is 0 Å². The molecule has 0 atom stereocenters. The molecule has 3 heterocycles. The first-order valence-corrected chi connectivity index (χ1v) is 7.22. The van der Waals surface area contributed by atoms with Gasteiger partial charge in [-0.05, 0) is 31.2 Å². The largest absolute Gasteiger partial charge is 0.477 e. The van der Waals surface area contributed by atoms with Crippen molar-refractivity contribution in [3.63, 3.8) is 0 Å². The van der Waals surface area contributed by atoms with Crippen LogP contribution in [0.5, 0.6) is 5.88 Å². The Balaban J connectivity index is 2.26. The van der Waals surface area contributed by atoms with Gasteiger partial charge >= 0.3 is 0 Å². The third-order valence-electron chi connectivity index (χ3n) is 2.84. The van der Waals surface area contributed by atoms with Crippen LogP contribution in [0.4, 0.5) is 3.89 Å². The number of fused-ring (bicyclic) bond motifs is 1. The van der Waals surface area contributed by atoms with Crippen LogP contribution in [0.25, 0.3) is 22.3 Å². The van der Waals surface area contributed by atoms with Gasteiger partial charge in [-0.25, -0.2) is 9.97 Å². The number of nitrogens with zero attached hydrogens (tertiary/aromatic N) is 4. The Morgan fingerprint density at radius 3 is 3.00 bits per heavy atom. The summed E-state index contributed by atoms with van der Waals surface area (Å²) < 4.78 is 19.6. The Labute approximate surface area is 129 Å². The highest BCUT2D eigenvalue weighted by Crippen LogP contribution is 2.34. The monoisotopic (exact) mass is 324 g/mol. The second-order valence-corrected chi connectivity index (χ2v) is 4.96. The van der Waals surface area contributed by atoms with E-state index >= 15 is 0 Å².